The second-order valence-electron chi connectivity index (χ2n) is 8.28. The Balaban J connectivity index is 1.40. The third-order valence-corrected chi connectivity index (χ3v) is 6.94. The first-order valence-electron chi connectivity index (χ1n) is 10.5. The molecule has 0 radical (unpaired) electrons. The van der Waals surface area contributed by atoms with Crippen LogP contribution in [0, 0.1) is 0 Å². The van der Waals surface area contributed by atoms with E-state index in [0.717, 1.165) is 62.2 Å². The molecule has 0 bridgehead atoms. The quantitative estimate of drug-likeness (QED) is 0.368. The molecule has 0 saturated carbocycles. The lowest BCUT2D eigenvalue weighted by atomic mass is 9.85. The average molecular weight is 439 g/mol. The van der Waals surface area contributed by atoms with Crippen LogP contribution in [-0.2, 0) is 5.54 Å². The van der Waals surface area contributed by atoms with Crippen LogP contribution < -0.4 is 16.2 Å². The number of nitrogens with zero attached hydrogens (tertiary/aromatic N) is 3. The Morgan fingerprint density at radius 1 is 0.875 bits per heavy atom. The first-order valence-corrected chi connectivity index (χ1v) is 11.4. The first-order chi connectivity index (χ1) is 15.7. The summed E-state index contributed by atoms with van der Waals surface area (Å²) in [4.78, 5) is 5.83. The number of hydrogen-bond donors (Lipinski definition) is 3. The Hall–Kier alpha value is -3.23. The molecule has 0 aliphatic carbocycles. The molecular formula is C25H22N6S. The summed E-state index contributed by atoms with van der Waals surface area (Å²) >= 11 is 1.27. The van der Waals surface area contributed by atoms with E-state index in [2.05, 4.69) is 58.9 Å². The van der Waals surface area contributed by atoms with Crippen molar-refractivity contribution in [2.45, 2.75) is 10.4 Å². The summed E-state index contributed by atoms with van der Waals surface area (Å²) < 4.78 is 1.85. The summed E-state index contributed by atoms with van der Waals surface area (Å²) in [5.41, 5.74) is 12.3. The van der Waals surface area contributed by atoms with Gasteiger partial charge in [0, 0.05) is 41.5 Å². The van der Waals surface area contributed by atoms with E-state index in [-0.39, 0.29) is 5.54 Å². The van der Waals surface area contributed by atoms with Crippen LogP contribution in [0.2, 0.25) is 0 Å². The van der Waals surface area contributed by atoms with Crippen LogP contribution in [0.3, 0.4) is 0 Å². The molecule has 5 aromatic rings. The Labute approximate surface area is 189 Å². The maximum Gasteiger partial charge on any atom is 0.162 e. The van der Waals surface area contributed by atoms with E-state index < -0.39 is 0 Å². The minimum Gasteiger partial charge on any atom is -0.319 e. The number of hydrogen-bond acceptors (Lipinski definition) is 6. The van der Waals surface area contributed by atoms with Gasteiger partial charge in [-0.25, -0.2) is 9.50 Å². The Morgan fingerprint density at radius 2 is 1.66 bits per heavy atom. The monoisotopic (exact) mass is 438 g/mol. The van der Waals surface area contributed by atoms with Crippen LogP contribution in [0.15, 0.2) is 84.1 Å². The van der Waals surface area contributed by atoms with Crippen molar-refractivity contribution in [1.82, 2.24) is 19.9 Å². The Morgan fingerprint density at radius 3 is 2.38 bits per heavy atom. The highest BCUT2D eigenvalue weighted by Crippen LogP contribution is 2.35. The molecule has 1 aliphatic rings. The molecule has 1 fully saturated rings. The van der Waals surface area contributed by atoms with E-state index in [1.54, 1.807) is 0 Å². The lowest BCUT2D eigenvalue weighted by Gasteiger charge is -2.39. The molecule has 1 saturated heterocycles. The van der Waals surface area contributed by atoms with Crippen molar-refractivity contribution in [3.8, 4) is 22.3 Å². The van der Waals surface area contributed by atoms with Crippen LogP contribution in [0.4, 0.5) is 0 Å². The van der Waals surface area contributed by atoms with E-state index in [1.165, 1.54) is 11.9 Å². The first kappa shape index (κ1) is 19.5. The van der Waals surface area contributed by atoms with E-state index in [4.69, 9.17) is 15.9 Å². The largest absolute Gasteiger partial charge is 0.319 e. The predicted octanol–water partition coefficient (Wildman–Crippen LogP) is 3.94. The van der Waals surface area contributed by atoms with Crippen LogP contribution in [-0.4, -0.2) is 27.7 Å². The topological polar surface area (TPSA) is 94.3 Å². The summed E-state index contributed by atoms with van der Waals surface area (Å²) in [6.45, 7) is 1.63. The van der Waals surface area contributed by atoms with Gasteiger partial charge in [-0.2, -0.15) is 5.10 Å². The summed E-state index contributed by atoms with van der Waals surface area (Å²) in [7, 11) is 0. The SMILES string of the molecule is NSc1ccc(-c2cnn3cc(-c4ccc(C5(N)CNC5)cc4)cnc23)c2ccccc12. The smallest absolute Gasteiger partial charge is 0.162 e. The molecule has 0 spiro atoms. The molecule has 1 aliphatic heterocycles. The molecular weight excluding hydrogens is 416 g/mol. The lowest BCUT2D eigenvalue weighted by molar-refractivity contribution is 0.287. The highest BCUT2D eigenvalue weighted by atomic mass is 32.2. The van der Waals surface area contributed by atoms with Gasteiger partial charge in [-0.05, 0) is 45.5 Å². The number of rotatable bonds is 4. The molecule has 3 heterocycles. The van der Waals surface area contributed by atoms with Gasteiger partial charge in [-0.3, -0.25) is 5.14 Å². The van der Waals surface area contributed by atoms with Crippen molar-refractivity contribution in [3.63, 3.8) is 0 Å². The fraction of sp³-hybridized carbons (Fsp3) is 0.120. The van der Waals surface area contributed by atoms with Crippen LogP contribution in [0.5, 0.6) is 0 Å². The molecule has 0 amide bonds. The molecule has 6 nitrogen and oxygen atoms in total. The highest BCUT2D eigenvalue weighted by molar-refractivity contribution is 7.97. The molecule has 2 aromatic heterocycles. The van der Waals surface area contributed by atoms with Gasteiger partial charge in [0.15, 0.2) is 5.65 Å². The minimum absolute atomic E-state index is 0.252. The minimum atomic E-state index is -0.252. The Bertz CT molecular complexity index is 1450. The fourth-order valence-electron chi connectivity index (χ4n) is 4.42. The van der Waals surface area contributed by atoms with E-state index in [1.807, 2.05) is 35.2 Å². The number of nitrogens with two attached hydrogens (primary N) is 2. The van der Waals surface area contributed by atoms with Gasteiger partial charge in [0.05, 0.1) is 11.7 Å². The molecule has 7 heteroatoms. The maximum absolute atomic E-state index is 6.41. The van der Waals surface area contributed by atoms with Gasteiger partial charge >= 0.3 is 0 Å². The van der Waals surface area contributed by atoms with Crippen molar-refractivity contribution in [1.29, 1.82) is 0 Å². The Kier molecular flexibility index (Phi) is 4.51. The third kappa shape index (κ3) is 3.02. The average Bonchev–Trinajstić information content (AvgIpc) is 3.25. The van der Waals surface area contributed by atoms with Crippen LogP contribution in [0.25, 0.3) is 38.7 Å². The zero-order chi connectivity index (χ0) is 21.7. The molecule has 0 unspecified atom stereocenters. The standard InChI is InChI=1S/C25H22N6S/c26-25(14-28-15-25)18-7-5-16(6-8-18)17-11-29-24-22(12-30-31(24)13-17)20-9-10-23(32-27)21-4-2-1-3-19(20)21/h1-13,28H,14-15,26-27H2. The van der Waals surface area contributed by atoms with Gasteiger partial charge in [-0.1, -0.05) is 54.6 Å². The molecule has 5 N–H and O–H groups in total. The number of aromatic nitrogens is 3. The molecule has 32 heavy (non-hydrogen) atoms. The van der Waals surface area contributed by atoms with Gasteiger partial charge < -0.3 is 11.1 Å². The summed E-state index contributed by atoms with van der Waals surface area (Å²) in [6, 6.07) is 20.9. The maximum atomic E-state index is 6.41. The molecule has 3 aromatic carbocycles. The second kappa shape index (κ2) is 7.43. The number of benzene rings is 3. The zero-order valence-corrected chi connectivity index (χ0v) is 18.1. The van der Waals surface area contributed by atoms with Crippen molar-refractivity contribution in [2.75, 3.05) is 13.1 Å². The van der Waals surface area contributed by atoms with Gasteiger partial charge in [0.2, 0.25) is 0 Å². The van der Waals surface area contributed by atoms with Gasteiger partial charge in [0.1, 0.15) is 0 Å². The normalized spacial score (nSPS) is 15.2. The lowest BCUT2D eigenvalue weighted by Crippen LogP contribution is -2.62. The fourth-order valence-corrected chi connectivity index (χ4v) is 4.87. The molecule has 6 rings (SSSR count). The zero-order valence-electron chi connectivity index (χ0n) is 17.3. The summed E-state index contributed by atoms with van der Waals surface area (Å²) in [6.07, 6.45) is 5.81. The summed E-state index contributed by atoms with van der Waals surface area (Å²) in [5.74, 6) is 0. The number of nitrogens with one attached hydrogen (secondary N) is 1. The molecule has 158 valence electrons. The van der Waals surface area contributed by atoms with Crippen molar-refractivity contribution in [3.05, 3.63) is 84.8 Å². The van der Waals surface area contributed by atoms with Gasteiger partial charge in [0.25, 0.3) is 0 Å². The second-order valence-corrected chi connectivity index (χ2v) is 8.96. The van der Waals surface area contributed by atoms with Crippen molar-refractivity contribution >= 4 is 28.4 Å². The van der Waals surface area contributed by atoms with Gasteiger partial charge in [-0.15, -0.1) is 0 Å². The van der Waals surface area contributed by atoms with E-state index in [9.17, 15) is 0 Å². The van der Waals surface area contributed by atoms with Crippen molar-refractivity contribution < 1.29 is 0 Å². The number of fused-ring (bicyclic) bond motifs is 2. The van der Waals surface area contributed by atoms with E-state index in [0.29, 0.717) is 0 Å². The van der Waals surface area contributed by atoms with Crippen LogP contribution >= 0.6 is 11.9 Å². The van der Waals surface area contributed by atoms with E-state index >= 15 is 0 Å². The third-order valence-electron chi connectivity index (χ3n) is 6.33. The predicted molar refractivity (Wildman–Crippen MR) is 130 cm³/mol. The van der Waals surface area contributed by atoms with Crippen LogP contribution in [0.1, 0.15) is 5.56 Å². The molecule has 0 atom stereocenters. The highest BCUT2D eigenvalue weighted by Gasteiger charge is 2.33. The summed E-state index contributed by atoms with van der Waals surface area (Å²) in [5, 5.41) is 16.0. The van der Waals surface area contributed by atoms with Crippen molar-refractivity contribution in [2.24, 2.45) is 10.9 Å².